The van der Waals surface area contributed by atoms with E-state index in [1.807, 2.05) is 0 Å². The lowest BCUT2D eigenvalue weighted by Crippen LogP contribution is -2.43. The van der Waals surface area contributed by atoms with Gasteiger partial charge in [0.15, 0.2) is 6.10 Å². The molecule has 1 aliphatic rings. The van der Waals surface area contributed by atoms with Gasteiger partial charge in [0.1, 0.15) is 0 Å². The average Bonchev–Trinajstić information content (AvgIpc) is 2.44. The Hall–Kier alpha value is -1.12. The van der Waals surface area contributed by atoms with Crippen molar-refractivity contribution < 1.29 is 26.2 Å². The van der Waals surface area contributed by atoms with Crippen LogP contribution in [0, 0.1) is 0 Å². The first-order valence-corrected chi connectivity index (χ1v) is 8.70. The number of ketones is 1. The lowest BCUT2D eigenvalue weighted by molar-refractivity contribution is -0.153. The molecule has 0 fully saturated rings. The molecule has 0 amide bonds. The highest BCUT2D eigenvalue weighted by molar-refractivity contribution is 9.10. The summed E-state index contributed by atoms with van der Waals surface area (Å²) in [4.78, 5) is 11.2. The Balaban J connectivity index is 2.31. The normalized spacial score (nSPS) is 22.1. The number of alkyl halides is 2. The summed E-state index contributed by atoms with van der Waals surface area (Å²) in [6, 6.07) is 5.36. The predicted molar refractivity (Wildman–Crippen MR) is 79.1 cm³/mol. The third-order valence-electron chi connectivity index (χ3n) is 3.15. The Morgan fingerprint density at radius 3 is 2.50 bits per heavy atom. The fraction of sp³-hybridized carbons (Fsp3) is 0.357. The zero-order chi connectivity index (χ0) is 16.4. The maximum absolute atomic E-state index is 14.0. The van der Waals surface area contributed by atoms with Gasteiger partial charge in [-0.15, -0.1) is 0 Å². The number of halogens is 3. The van der Waals surface area contributed by atoms with Gasteiger partial charge >= 0.3 is 5.92 Å². The second-order valence-corrected chi connectivity index (χ2v) is 7.28. The Morgan fingerprint density at radius 2 is 1.86 bits per heavy atom. The molecule has 1 aromatic carbocycles. The zero-order valence-electron chi connectivity index (χ0n) is 11.3. The van der Waals surface area contributed by atoms with E-state index in [1.165, 1.54) is 30.3 Å². The van der Waals surface area contributed by atoms with E-state index in [0.29, 0.717) is 17.3 Å². The van der Waals surface area contributed by atoms with E-state index in [1.54, 1.807) is 0 Å². The van der Waals surface area contributed by atoms with Crippen LogP contribution in [0.5, 0.6) is 0 Å². The summed E-state index contributed by atoms with van der Waals surface area (Å²) in [5, 5.41) is 0. The van der Waals surface area contributed by atoms with Crippen LogP contribution in [0.4, 0.5) is 8.78 Å². The molecule has 0 N–H and O–H groups in total. The van der Waals surface area contributed by atoms with Crippen LogP contribution in [-0.2, 0) is 19.1 Å². The molecule has 2 rings (SSSR count). The molecule has 1 atom stereocenters. The van der Waals surface area contributed by atoms with Crippen molar-refractivity contribution in [3.8, 4) is 0 Å². The van der Waals surface area contributed by atoms with Crippen LogP contribution in [0.3, 0.4) is 0 Å². The first-order chi connectivity index (χ1) is 10.2. The van der Waals surface area contributed by atoms with Crippen molar-refractivity contribution in [2.45, 2.75) is 36.2 Å². The number of hydrogen-bond acceptors (Lipinski definition) is 4. The van der Waals surface area contributed by atoms with Crippen molar-refractivity contribution in [2.24, 2.45) is 0 Å². The standard InChI is InChI=1S/C14H13BrF2O4S/c15-10-6-8-11(9-7-10)22(19,20)21-13-5-3-1-2-4-12(18)14(13,16)17/h3,5-9,13H,1-2,4H2. The fourth-order valence-corrected chi connectivity index (χ4v) is 3.24. The predicted octanol–water partition coefficient (Wildman–Crippen LogP) is 3.47. The lowest BCUT2D eigenvalue weighted by Gasteiger charge is -2.24. The molecule has 0 heterocycles. The fourth-order valence-electron chi connectivity index (χ4n) is 1.93. The number of allylic oxidation sites excluding steroid dienone is 1. The summed E-state index contributed by atoms with van der Waals surface area (Å²) < 4.78 is 57.5. The van der Waals surface area contributed by atoms with Crippen LogP contribution in [0.15, 0.2) is 45.8 Å². The Morgan fingerprint density at radius 1 is 1.23 bits per heavy atom. The highest BCUT2D eigenvalue weighted by atomic mass is 79.9. The van der Waals surface area contributed by atoms with E-state index in [-0.39, 0.29) is 11.3 Å². The van der Waals surface area contributed by atoms with E-state index in [0.717, 1.165) is 6.08 Å². The molecule has 4 nitrogen and oxygen atoms in total. The van der Waals surface area contributed by atoms with E-state index >= 15 is 0 Å². The van der Waals surface area contributed by atoms with E-state index in [4.69, 9.17) is 0 Å². The molecule has 1 aliphatic carbocycles. The largest absolute Gasteiger partial charge is 0.335 e. The average molecular weight is 395 g/mol. The van der Waals surface area contributed by atoms with Gasteiger partial charge in [0.25, 0.3) is 10.1 Å². The molecule has 0 aliphatic heterocycles. The monoisotopic (exact) mass is 394 g/mol. The van der Waals surface area contributed by atoms with Crippen molar-refractivity contribution in [2.75, 3.05) is 0 Å². The summed E-state index contributed by atoms with van der Waals surface area (Å²) in [6.07, 6.45) is 0.622. The summed E-state index contributed by atoms with van der Waals surface area (Å²) >= 11 is 3.14. The smallest absolute Gasteiger partial charge is 0.293 e. The van der Waals surface area contributed by atoms with Gasteiger partial charge in [-0.1, -0.05) is 28.1 Å². The van der Waals surface area contributed by atoms with E-state index in [9.17, 15) is 22.0 Å². The SMILES string of the molecule is O=C1CCCC=CC(OS(=O)(=O)c2ccc(Br)cc2)C1(F)F. The van der Waals surface area contributed by atoms with Gasteiger partial charge in [-0.25, -0.2) is 0 Å². The number of hydrogen-bond donors (Lipinski definition) is 0. The molecule has 0 bridgehead atoms. The Bertz CT molecular complexity index is 683. The molecule has 0 aromatic heterocycles. The second-order valence-electron chi connectivity index (χ2n) is 4.79. The van der Waals surface area contributed by atoms with E-state index < -0.39 is 27.9 Å². The van der Waals surface area contributed by atoms with Crippen LogP contribution < -0.4 is 0 Å². The van der Waals surface area contributed by atoms with Crippen molar-refractivity contribution in [3.63, 3.8) is 0 Å². The topological polar surface area (TPSA) is 60.4 Å². The summed E-state index contributed by atoms with van der Waals surface area (Å²) in [6.45, 7) is 0. The minimum atomic E-state index is -4.40. The molecule has 0 radical (unpaired) electrons. The van der Waals surface area contributed by atoms with Gasteiger partial charge in [-0.3, -0.25) is 8.98 Å². The third kappa shape index (κ3) is 3.80. The minimum absolute atomic E-state index is 0.255. The second kappa shape index (κ2) is 6.55. The van der Waals surface area contributed by atoms with Crippen molar-refractivity contribution in [1.29, 1.82) is 0 Å². The van der Waals surface area contributed by atoms with Crippen LogP contribution in [0.2, 0.25) is 0 Å². The number of carbonyl (C=O) groups is 1. The molecule has 22 heavy (non-hydrogen) atoms. The van der Waals surface area contributed by atoms with Crippen LogP contribution >= 0.6 is 15.9 Å². The molecule has 0 saturated carbocycles. The first kappa shape index (κ1) is 17.2. The van der Waals surface area contributed by atoms with Gasteiger partial charge in [0.05, 0.1) is 4.90 Å². The highest BCUT2D eigenvalue weighted by Crippen LogP contribution is 2.30. The van der Waals surface area contributed by atoms with Gasteiger partial charge in [-0.2, -0.15) is 17.2 Å². The summed E-state index contributed by atoms with van der Waals surface area (Å²) in [5.41, 5.74) is 0. The molecular weight excluding hydrogens is 382 g/mol. The molecule has 1 unspecified atom stereocenters. The molecular formula is C14H13BrF2O4S. The lowest BCUT2D eigenvalue weighted by atomic mass is 9.99. The zero-order valence-corrected chi connectivity index (χ0v) is 13.7. The first-order valence-electron chi connectivity index (χ1n) is 6.50. The minimum Gasteiger partial charge on any atom is -0.293 e. The van der Waals surface area contributed by atoms with Crippen molar-refractivity contribution in [3.05, 3.63) is 40.9 Å². The number of benzene rings is 1. The van der Waals surface area contributed by atoms with Gasteiger partial charge < -0.3 is 0 Å². The molecule has 0 spiro atoms. The van der Waals surface area contributed by atoms with Gasteiger partial charge in [-0.05, 0) is 37.1 Å². The van der Waals surface area contributed by atoms with Gasteiger partial charge in [0, 0.05) is 10.9 Å². The van der Waals surface area contributed by atoms with Crippen molar-refractivity contribution in [1.82, 2.24) is 0 Å². The number of carbonyl (C=O) groups excluding carboxylic acids is 1. The van der Waals surface area contributed by atoms with Crippen LogP contribution in [0.1, 0.15) is 19.3 Å². The van der Waals surface area contributed by atoms with Crippen LogP contribution in [0.25, 0.3) is 0 Å². The van der Waals surface area contributed by atoms with E-state index in [2.05, 4.69) is 20.1 Å². The molecule has 120 valence electrons. The van der Waals surface area contributed by atoms with Crippen LogP contribution in [-0.4, -0.2) is 26.2 Å². The highest BCUT2D eigenvalue weighted by Gasteiger charge is 2.48. The quantitative estimate of drug-likeness (QED) is 0.581. The summed E-state index contributed by atoms with van der Waals surface area (Å²) in [5.74, 6) is -5.19. The van der Waals surface area contributed by atoms with Crippen molar-refractivity contribution >= 4 is 31.8 Å². The maximum Gasteiger partial charge on any atom is 0.335 e. The summed E-state index contributed by atoms with van der Waals surface area (Å²) in [7, 11) is -4.40. The Kier molecular flexibility index (Phi) is 5.14. The maximum atomic E-state index is 14.0. The molecule has 1 aromatic rings. The number of Topliss-reactive ketones (excluding diaryl/α,β-unsaturated/α-hetero) is 1. The molecule has 8 heteroatoms. The number of rotatable bonds is 3. The molecule has 0 saturated heterocycles. The third-order valence-corrected chi connectivity index (χ3v) is 4.99. The van der Waals surface area contributed by atoms with Gasteiger partial charge in [0.2, 0.25) is 5.78 Å². The Labute approximate surface area is 135 Å².